The van der Waals surface area contributed by atoms with Gasteiger partial charge in [0.2, 0.25) is 5.95 Å². The van der Waals surface area contributed by atoms with Crippen molar-refractivity contribution in [1.29, 1.82) is 0 Å². The third-order valence-electron chi connectivity index (χ3n) is 5.24. The Morgan fingerprint density at radius 1 is 1.11 bits per heavy atom. The molecule has 3 heterocycles. The highest BCUT2D eigenvalue weighted by molar-refractivity contribution is 6.02. The van der Waals surface area contributed by atoms with Crippen molar-refractivity contribution in [2.75, 3.05) is 25.5 Å². The number of halogens is 1. The first-order valence-corrected chi connectivity index (χ1v) is 8.97. The number of likely N-dealkylation sites (N-methyl/N-ethyl adjacent to an activating group) is 2. The van der Waals surface area contributed by atoms with E-state index >= 15 is 0 Å². The summed E-state index contributed by atoms with van der Waals surface area (Å²) in [6.07, 6.45) is 1.31. The van der Waals surface area contributed by atoms with Crippen LogP contribution in [0.15, 0.2) is 24.3 Å². The molecule has 1 aromatic heterocycles. The van der Waals surface area contributed by atoms with Crippen molar-refractivity contribution < 1.29 is 14.0 Å². The fraction of sp³-hybridized carbons (Fsp3) is 0.444. The van der Waals surface area contributed by atoms with Crippen molar-refractivity contribution in [2.45, 2.75) is 32.0 Å². The zero-order valence-electron chi connectivity index (χ0n) is 15.5. The number of hydrogen-bond acceptors (Lipinski definition) is 5. The lowest BCUT2D eigenvalue weighted by molar-refractivity contribution is -0.133. The van der Waals surface area contributed by atoms with E-state index < -0.39 is 12.2 Å². The van der Waals surface area contributed by atoms with Gasteiger partial charge in [-0.25, -0.2) is 9.18 Å². The number of rotatable bonds is 4. The van der Waals surface area contributed by atoms with E-state index in [9.17, 15) is 14.0 Å². The maximum atomic E-state index is 13.3. The molecular formula is C18H21FN6O2. The standard InChI is InChI=1S/C18H21FN6O2/c1-4-5-10-24-13-15(22(2)18(27)23(3)16(13)26)25-14(20-21-17(24)25)11-6-8-12(19)9-7-11/h6-9,13,15H,4-5,10H2,1-3H3. The molecule has 3 amide bonds. The second-order valence-corrected chi connectivity index (χ2v) is 6.90. The third kappa shape index (κ3) is 2.48. The van der Waals surface area contributed by atoms with E-state index in [0.717, 1.165) is 17.7 Å². The first-order chi connectivity index (χ1) is 13.0. The van der Waals surface area contributed by atoms with Gasteiger partial charge in [-0.05, 0) is 30.7 Å². The molecule has 1 saturated heterocycles. The smallest absolute Gasteiger partial charge is 0.325 e. The predicted octanol–water partition coefficient (Wildman–Crippen LogP) is 2.10. The minimum Gasteiger partial charge on any atom is -0.325 e. The van der Waals surface area contributed by atoms with Crippen LogP contribution in [0.4, 0.5) is 15.1 Å². The molecule has 0 bridgehead atoms. The van der Waals surface area contributed by atoms with E-state index in [1.54, 1.807) is 19.2 Å². The largest absolute Gasteiger partial charge is 0.327 e. The van der Waals surface area contributed by atoms with E-state index in [4.69, 9.17) is 0 Å². The monoisotopic (exact) mass is 372 g/mol. The first kappa shape index (κ1) is 17.4. The Hall–Kier alpha value is -2.97. The Bertz CT molecular complexity index is 896. The third-order valence-corrected chi connectivity index (χ3v) is 5.24. The van der Waals surface area contributed by atoms with Crippen LogP contribution >= 0.6 is 0 Å². The summed E-state index contributed by atoms with van der Waals surface area (Å²) in [5.74, 6) is 0.468. The minimum absolute atomic E-state index is 0.255. The molecule has 0 saturated carbocycles. The molecule has 2 unspecified atom stereocenters. The molecule has 0 radical (unpaired) electrons. The SMILES string of the molecule is CCCCN1c2nnc(-c3ccc(F)cc3)n2C2C1C(=O)N(C)C(=O)N2C. The lowest BCUT2D eigenvalue weighted by atomic mass is 10.1. The Kier molecular flexibility index (Phi) is 4.09. The summed E-state index contributed by atoms with van der Waals surface area (Å²) in [7, 11) is 3.17. The number of carbonyl (C=O) groups excluding carboxylic acids is 2. The van der Waals surface area contributed by atoms with Crippen molar-refractivity contribution in [1.82, 2.24) is 24.6 Å². The van der Waals surface area contributed by atoms with Gasteiger partial charge in [-0.3, -0.25) is 14.3 Å². The summed E-state index contributed by atoms with van der Waals surface area (Å²) < 4.78 is 15.1. The Morgan fingerprint density at radius 2 is 1.81 bits per heavy atom. The minimum atomic E-state index is -0.547. The fourth-order valence-corrected chi connectivity index (χ4v) is 3.80. The molecule has 0 spiro atoms. The number of aromatic nitrogens is 3. The van der Waals surface area contributed by atoms with Crippen LogP contribution in [-0.2, 0) is 4.79 Å². The van der Waals surface area contributed by atoms with Crippen LogP contribution in [-0.4, -0.2) is 63.2 Å². The van der Waals surface area contributed by atoms with Crippen LogP contribution in [0.3, 0.4) is 0 Å². The van der Waals surface area contributed by atoms with Gasteiger partial charge in [-0.1, -0.05) is 13.3 Å². The van der Waals surface area contributed by atoms with E-state index in [1.165, 1.54) is 24.1 Å². The van der Waals surface area contributed by atoms with Gasteiger partial charge in [0, 0.05) is 26.2 Å². The maximum Gasteiger partial charge on any atom is 0.327 e. The molecule has 142 valence electrons. The van der Waals surface area contributed by atoms with Crippen LogP contribution in [0.1, 0.15) is 25.9 Å². The van der Waals surface area contributed by atoms with Gasteiger partial charge in [0.15, 0.2) is 11.9 Å². The summed E-state index contributed by atoms with van der Waals surface area (Å²) in [5.41, 5.74) is 0.679. The molecule has 2 aliphatic heterocycles. The van der Waals surface area contributed by atoms with Crippen molar-refractivity contribution in [2.24, 2.45) is 0 Å². The highest BCUT2D eigenvalue weighted by Crippen LogP contribution is 2.42. The highest BCUT2D eigenvalue weighted by atomic mass is 19.1. The van der Waals surface area contributed by atoms with E-state index in [2.05, 4.69) is 17.1 Å². The predicted molar refractivity (Wildman–Crippen MR) is 96.4 cm³/mol. The lowest BCUT2D eigenvalue weighted by Crippen LogP contribution is -2.61. The second-order valence-electron chi connectivity index (χ2n) is 6.90. The van der Waals surface area contributed by atoms with Crippen LogP contribution in [0.2, 0.25) is 0 Å². The first-order valence-electron chi connectivity index (χ1n) is 8.97. The number of imide groups is 1. The zero-order valence-corrected chi connectivity index (χ0v) is 15.5. The van der Waals surface area contributed by atoms with Crippen molar-refractivity contribution >= 4 is 17.9 Å². The average Bonchev–Trinajstić information content (AvgIpc) is 3.22. The number of anilines is 1. The van der Waals surface area contributed by atoms with Gasteiger partial charge in [0.25, 0.3) is 5.91 Å². The quantitative estimate of drug-likeness (QED) is 0.822. The number of nitrogens with zero attached hydrogens (tertiary/aromatic N) is 6. The number of benzene rings is 1. The van der Waals surface area contributed by atoms with E-state index in [1.807, 2.05) is 9.47 Å². The number of unbranched alkanes of at least 4 members (excludes halogenated alkanes) is 1. The number of urea groups is 1. The lowest BCUT2D eigenvalue weighted by Gasteiger charge is -2.40. The second kappa shape index (κ2) is 6.33. The fourth-order valence-electron chi connectivity index (χ4n) is 3.80. The molecule has 2 aliphatic rings. The van der Waals surface area contributed by atoms with Crippen molar-refractivity contribution in [3.05, 3.63) is 30.1 Å². The number of hydrogen-bond donors (Lipinski definition) is 0. The van der Waals surface area contributed by atoms with Crippen molar-refractivity contribution in [3.63, 3.8) is 0 Å². The normalized spacial score (nSPS) is 21.7. The molecule has 9 heteroatoms. The molecule has 2 aromatic rings. The zero-order chi connectivity index (χ0) is 19.3. The molecular weight excluding hydrogens is 351 g/mol. The van der Waals surface area contributed by atoms with Crippen molar-refractivity contribution in [3.8, 4) is 11.4 Å². The molecule has 1 fully saturated rings. The summed E-state index contributed by atoms with van der Waals surface area (Å²) >= 11 is 0. The van der Waals surface area contributed by atoms with Gasteiger partial charge < -0.3 is 9.80 Å². The number of carbonyl (C=O) groups is 2. The Morgan fingerprint density at radius 3 is 2.48 bits per heavy atom. The Balaban J connectivity index is 1.85. The summed E-state index contributed by atoms with van der Waals surface area (Å²) in [4.78, 5) is 30.1. The summed E-state index contributed by atoms with van der Waals surface area (Å²) in [5, 5.41) is 8.59. The van der Waals surface area contributed by atoms with Gasteiger partial charge in [0.05, 0.1) is 0 Å². The van der Waals surface area contributed by atoms with Gasteiger partial charge in [0.1, 0.15) is 12.0 Å². The molecule has 27 heavy (non-hydrogen) atoms. The Labute approximate surface area is 156 Å². The molecule has 2 atom stereocenters. The number of amides is 3. The average molecular weight is 372 g/mol. The van der Waals surface area contributed by atoms with Gasteiger partial charge in [-0.2, -0.15) is 0 Å². The molecule has 0 N–H and O–H groups in total. The summed E-state index contributed by atoms with van der Waals surface area (Å²) in [6, 6.07) is 5.03. The van der Waals surface area contributed by atoms with Crippen LogP contribution in [0.5, 0.6) is 0 Å². The molecule has 8 nitrogen and oxygen atoms in total. The van der Waals surface area contributed by atoms with Crippen LogP contribution in [0, 0.1) is 5.82 Å². The molecule has 4 rings (SSSR count). The molecule has 0 aliphatic carbocycles. The van der Waals surface area contributed by atoms with E-state index in [-0.39, 0.29) is 17.8 Å². The highest BCUT2D eigenvalue weighted by Gasteiger charge is 2.54. The molecule has 1 aromatic carbocycles. The van der Waals surface area contributed by atoms with Crippen LogP contribution in [0.25, 0.3) is 11.4 Å². The van der Waals surface area contributed by atoms with Crippen LogP contribution < -0.4 is 4.90 Å². The maximum absolute atomic E-state index is 13.3. The summed E-state index contributed by atoms with van der Waals surface area (Å²) in [6.45, 7) is 2.72. The van der Waals surface area contributed by atoms with Gasteiger partial charge in [-0.15, -0.1) is 10.2 Å². The topological polar surface area (TPSA) is 74.6 Å². The van der Waals surface area contributed by atoms with E-state index in [0.29, 0.717) is 23.9 Å². The number of fused-ring (bicyclic) bond motifs is 3. The van der Waals surface area contributed by atoms with Gasteiger partial charge >= 0.3 is 6.03 Å².